The molecule has 1 rings (SSSR count). The van der Waals surface area contributed by atoms with Crippen LogP contribution in [-0.2, 0) is 14.3 Å². The molecule has 1 aromatic carbocycles. The molecule has 0 aliphatic rings. The van der Waals surface area contributed by atoms with Crippen molar-refractivity contribution < 1.29 is 14.3 Å². The van der Waals surface area contributed by atoms with Crippen molar-refractivity contribution in [2.24, 2.45) is 0 Å². The van der Waals surface area contributed by atoms with E-state index in [9.17, 15) is 9.59 Å². The lowest BCUT2D eigenvalue weighted by molar-refractivity contribution is -0.140. The summed E-state index contributed by atoms with van der Waals surface area (Å²) in [5.74, 6) is -0.0699. The zero-order valence-electron chi connectivity index (χ0n) is 11.8. The number of aryl methyl sites for hydroxylation is 2. The maximum atomic E-state index is 11.7. The van der Waals surface area contributed by atoms with Gasteiger partial charge in [-0.15, -0.1) is 11.8 Å². The van der Waals surface area contributed by atoms with Crippen LogP contribution in [0.3, 0.4) is 0 Å². The van der Waals surface area contributed by atoms with Crippen molar-refractivity contribution in [2.75, 3.05) is 19.4 Å². The lowest BCUT2D eigenvalue weighted by Gasteiger charge is -2.09. The van der Waals surface area contributed by atoms with Crippen molar-refractivity contribution in [1.82, 2.24) is 5.32 Å². The average molecular weight is 360 g/mol. The third kappa shape index (κ3) is 5.54. The number of thioether (sulfide) groups is 1. The van der Waals surface area contributed by atoms with E-state index in [1.807, 2.05) is 19.9 Å². The van der Waals surface area contributed by atoms with Gasteiger partial charge in [-0.25, -0.2) is 0 Å². The van der Waals surface area contributed by atoms with E-state index in [4.69, 9.17) is 0 Å². The van der Waals surface area contributed by atoms with Gasteiger partial charge >= 0.3 is 5.97 Å². The lowest BCUT2D eigenvalue weighted by Crippen LogP contribution is -2.27. The summed E-state index contributed by atoms with van der Waals surface area (Å²) in [6.45, 7) is 4.34. The molecule has 110 valence electrons. The van der Waals surface area contributed by atoms with E-state index in [1.54, 1.807) is 0 Å². The zero-order valence-corrected chi connectivity index (χ0v) is 14.2. The summed E-state index contributed by atoms with van der Waals surface area (Å²) >= 11 is 4.98. The van der Waals surface area contributed by atoms with E-state index in [-0.39, 0.29) is 18.3 Å². The number of nitrogens with one attached hydrogen (secondary N) is 1. The largest absolute Gasteiger partial charge is 0.469 e. The number of amides is 1. The summed E-state index contributed by atoms with van der Waals surface area (Å²) in [6, 6.07) is 4.11. The average Bonchev–Trinajstić information content (AvgIpc) is 2.41. The molecular weight excluding hydrogens is 342 g/mol. The van der Waals surface area contributed by atoms with Gasteiger partial charge in [-0.05, 0) is 37.1 Å². The Morgan fingerprint density at radius 3 is 2.65 bits per heavy atom. The Morgan fingerprint density at radius 2 is 2.00 bits per heavy atom. The number of carbonyl (C=O) groups is 2. The van der Waals surface area contributed by atoms with Crippen LogP contribution in [0.2, 0.25) is 0 Å². The Kier molecular flexibility index (Phi) is 7.09. The molecule has 0 aromatic heterocycles. The highest BCUT2D eigenvalue weighted by Gasteiger charge is 2.08. The number of halogens is 1. The maximum absolute atomic E-state index is 11.7. The summed E-state index contributed by atoms with van der Waals surface area (Å²) < 4.78 is 5.57. The van der Waals surface area contributed by atoms with Crippen LogP contribution < -0.4 is 5.32 Å². The second kappa shape index (κ2) is 8.32. The van der Waals surface area contributed by atoms with Crippen molar-refractivity contribution in [1.29, 1.82) is 0 Å². The first kappa shape index (κ1) is 17.0. The molecule has 0 bridgehead atoms. The van der Waals surface area contributed by atoms with Crippen LogP contribution in [0.25, 0.3) is 0 Å². The van der Waals surface area contributed by atoms with E-state index >= 15 is 0 Å². The molecule has 0 aliphatic carbocycles. The first-order valence-electron chi connectivity index (χ1n) is 6.17. The predicted molar refractivity (Wildman–Crippen MR) is 84.0 cm³/mol. The molecule has 0 spiro atoms. The zero-order chi connectivity index (χ0) is 15.1. The molecule has 4 nitrogen and oxygen atoms in total. The predicted octanol–water partition coefficient (Wildman–Crippen LogP) is 2.84. The number of benzene rings is 1. The Labute approximate surface area is 131 Å². The van der Waals surface area contributed by atoms with Gasteiger partial charge in [-0.2, -0.15) is 0 Å². The molecule has 0 heterocycles. The normalized spacial score (nSPS) is 10.2. The van der Waals surface area contributed by atoms with Crippen LogP contribution in [0.4, 0.5) is 0 Å². The monoisotopic (exact) mass is 359 g/mol. The molecular formula is C14H18BrNO3S. The molecule has 0 saturated carbocycles. The van der Waals surface area contributed by atoms with Crippen LogP contribution in [0.1, 0.15) is 17.5 Å². The molecule has 0 saturated heterocycles. The molecule has 1 aromatic rings. The van der Waals surface area contributed by atoms with Gasteiger partial charge < -0.3 is 10.1 Å². The van der Waals surface area contributed by atoms with Crippen LogP contribution in [0.5, 0.6) is 0 Å². The number of rotatable bonds is 6. The molecule has 0 fully saturated rings. The maximum Gasteiger partial charge on any atom is 0.307 e. The van der Waals surface area contributed by atoms with Gasteiger partial charge in [-0.3, -0.25) is 9.59 Å². The third-order valence-electron chi connectivity index (χ3n) is 2.69. The fraction of sp³-hybridized carbons (Fsp3) is 0.429. The minimum absolute atomic E-state index is 0.0844. The van der Waals surface area contributed by atoms with Crippen molar-refractivity contribution >= 4 is 39.6 Å². The lowest BCUT2D eigenvalue weighted by atomic mass is 10.2. The highest BCUT2D eigenvalue weighted by atomic mass is 79.9. The smallest absolute Gasteiger partial charge is 0.307 e. The van der Waals surface area contributed by atoms with Gasteiger partial charge in [0.15, 0.2) is 0 Å². The first-order chi connectivity index (χ1) is 9.43. The van der Waals surface area contributed by atoms with E-state index < -0.39 is 0 Å². The minimum atomic E-state index is -0.322. The van der Waals surface area contributed by atoms with Gasteiger partial charge in [-0.1, -0.05) is 15.9 Å². The van der Waals surface area contributed by atoms with E-state index in [0.717, 1.165) is 20.5 Å². The summed E-state index contributed by atoms with van der Waals surface area (Å²) in [5, 5.41) is 2.69. The molecule has 1 N–H and O–H groups in total. The number of esters is 1. The van der Waals surface area contributed by atoms with Crippen LogP contribution in [-0.4, -0.2) is 31.3 Å². The summed E-state index contributed by atoms with van der Waals surface area (Å²) in [4.78, 5) is 23.7. The number of hydrogen-bond acceptors (Lipinski definition) is 4. The van der Waals surface area contributed by atoms with Crippen molar-refractivity contribution in [2.45, 2.75) is 25.2 Å². The third-order valence-corrected chi connectivity index (χ3v) is 4.71. The van der Waals surface area contributed by atoms with Gasteiger partial charge in [0.2, 0.25) is 5.91 Å². The Morgan fingerprint density at radius 1 is 1.30 bits per heavy atom. The Hall–Kier alpha value is -1.01. The van der Waals surface area contributed by atoms with Gasteiger partial charge in [0.05, 0.1) is 19.3 Å². The van der Waals surface area contributed by atoms with Crippen LogP contribution in [0, 0.1) is 13.8 Å². The topological polar surface area (TPSA) is 55.4 Å². The van der Waals surface area contributed by atoms with Crippen LogP contribution >= 0.6 is 27.7 Å². The highest BCUT2D eigenvalue weighted by molar-refractivity contribution is 9.10. The van der Waals surface area contributed by atoms with E-state index in [0.29, 0.717) is 12.3 Å². The summed E-state index contributed by atoms with van der Waals surface area (Å²) in [7, 11) is 1.33. The molecule has 0 atom stereocenters. The number of carbonyl (C=O) groups excluding carboxylic acids is 2. The molecule has 20 heavy (non-hydrogen) atoms. The SMILES string of the molecule is COC(=O)CCNC(=O)CSc1cc(C)c(Br)cc1C. The minimum Gasteiger partial charge on any atom is -0.469 e. The molecule has 6 heteroatoms. The molecule has 0 radical (unpaired) electrons. The Balaban J connectivity index is 2.41. The van der Waals surface area contributed by atoms with Gasteiger partial charge in [0, 0.05) is 15.9 Å². The van der Waals surface area contributed by atoms with Crippen LogP contribution in [0.15, 0.2) is 21.5 Å². The molecule has 0 aliphatic heterocycles. The second-order valence-corrected chi connectivity index (χ2v) is 6.20. The molecule has 1 amide bonds. The fourth-order valence-electron chi connectivity index (χ4n) is 1.51. The fourth-order valence-corrected chi connectivity index (χ4v) is 2.90. The number of methoxy groups -OCH3 is 1. The van der Waals surface area contributed by atoms with E-state index in [1.165, 1.54) is 18.9 Å². The summed E-state index contributed by atoms with van der Waals surface area (Å²) in [6.07, 6.45) is 0.198. The quantitative estimate of drug-likeness (QED) is 0.626. The standard InChI is InChI=1S/C14H18BrNO3S/c1-9-7-12(10(2)6-11(9)15)20-8-13(17)16-5-4-14(18)19-3/h6-7H,4-5,8H2,1-3H3,(H,16,17). The summed E-state index contributed by atoms with van der Waals surface area (Å²) in [5.41, 5.74) is 2.28. The number of ether oxygens (including phenoxy) is 1. The van der Waals surface area contributed by atoms with Crippen molar-refractivity contribution in [3.8, 4) is 0 Å². The van der Waals surface area contributed by atoms with Crippen molar-refractivity contribution in [3.05, 3.63) is 27.7 Å². The van der Waals surface area contributed by atoms with Gasteiger partial charge in [0.1, 0.15) is 0 Å². The number of hydrogen-bond donors (Lipinski definition) is 1. The molecule has 0 unspecified atom stereocenters. The van der Waals surface area contributed by atoms with E-state index in [2.05, 4.69) is 32.0 Å². The van der Waals surface area contributed by atoms with Crippen molar-refractivity contribution in [3.63, 3.8) is 0 Å². The highest BCUT2D eigenvalue weighted by Crippen LogP contribution is 2.28. The van der Waals surface area contributed by atoms with Gasteiger partial charge in [0.25, 0.3) is 0 Å². The Bertz CT molecular complexity index is 505. The second-order valence-electron chi connectivity index (χ2n) is 4.33. The first-order valence-corrected chi connectivity index (χ1v) is 7.95.